The summed E-state index contributed by atoms with van der Waals surface area (Å²) in [5, 5.41) is 10.2. The standard InChI is InChI=1S/C31H37O3P/c1-5-21(9-7-6-8-10-30(32)33)23-11-12-24-17-27-29(34-28(24)18-23)19-25(20-31(27,2)3)22-13-15-26(35-4)16-14-22/h11-19,21H,5-10,20H2,1-4H3,(H,32,33)/p+1. The van der Waals surface area contributed by atoms with Crippen LogP contribution in [0.3, 0.4) is 0 Å². The Hall–Kier alpha value is -2.64. The zero-order chi connectivity index (χ0) is 25.0. The van der Waals surface area contributed by atoms with Crippen molar-refractivity contribution in [3.8, 4) is 5.75 Å². The Balaban J connectivity index is 1.56. The first-order chi connectivity index (χ1) is 16.8. The quantitative estimate of drug-likeness (QED) is 0.296. The van der Waals surface area contributed by atoms with Crippen molar-refractivity contribution < 1.29 is 14.6 Å². The molecule has 0 bridgehead atoms. The topological polar surface area (TPSA) is 46.5 Å². The molecule has 2 unspecified atom stereocenters. The van der Waals surface area contributed by atoms with Gasteiger partial charge in [0, 0.05) is 17.6 Å². The van der Waals surface area contributed by atoms with Gasteiger partial charge in [0.15, 0.2) is 0 Å². The molecule has 4 rings (SSSR count). The van der Waals surface area contributed by atoms with Crippen LogP contribution in [0.4, 0.5) is 0 Å². The fourth-order valence-corrected chi connectivity index (χ4v) is 5.82. The van der Waals surface area contributed by atoms with Crippen molar-refractivity contribution in [2.45, 2.75) is 71.6 Å². The minimum absolute atomic E-state index is 0.00284. The van der Waals surface area contributed by atoms with Crippen molar-refractivity contribution in [2.75, 3.05) is 6.66 Å². The largest absolute Gasteiger partial charge is 0.481 e. The molecule has 0 saturated heterocycles. The van der Waals surface area contributed by atoms with Crippen molar-refractivity contribution >= 4 is 25.5 Å². The Labute approximate surface area is 211 Å². The summed E-state index contributed by atoms with van der Waals surface area (Å²) in [4.78, 5) is 10.8. The zero-order valence-corrected chi connectivity index (χ0v) is 22.5. The van der Waals surface area contributed by atoms with Crippen LogP contribution in [-0.2, 0) is 4.79 Å². The number of aliphatic carboxylic acids is 1. The molecule has 35 heavy (non-hydrogen) atoms. The number of unbranched alkanes of at least 4 members (excludes halogenated alkanes) is 2. The average Bonchev–Trinajstić information content (AvgIpc) is 2.84. The fourth-order valence-electron chi connectivity index (χ4n) is 5.32. The summed E-state index contributed by atoms with van der Waals surface area (Å²) in [6.45, 7) is 9.08. The molecule has 0 saturated carbocycles. The number of hydrogen-bond donors (Lipinski definition) is 1. The lowest BCUT2D eigenvalue weighted by Gasteiger charge is -2.37. The Morgan fingerprint density at radius 1 is 1.11 bits per heavy atom. The van der Waals surface area contributed by atoms with Crippen LogP contribution in [0.5, 0.6) is 5.75 Å². The summed E-state index contributed by atoms with van der Waals surface area (Å²) < 4.78 is 6.58. The third-order valence-electron chi connectivity index (χ3n) is 7.44. The monoisotopic (exact) mass is 489 g/mol. The van der Waals surface area contributed by atoms with Crippen LogP contribution < -0.4 is 4.74 Å². The van der Waals surface area contributed by atoms with E-state index < -0.39 is 5.97 Å². The summed E-state index contributed by atoms with van der Waals surface area (Å²) >= 11 is 0. The Morgan fingerprint density at radius 2 is 1.89 bits per heavy atom. The van der Waals surface area contributed by atoms with Gasteiger partial charge in [-0.2, -0.15) is 0 Å². The molecule has 1 aliphatic heterocycles. The number of carboxylic acid groups (broad SMARTS) is 1. The van der Waals surface area contributed by atoms with Crippen LogP contribution in [0.1, 0.15) is 82.8 Å². The van der Waals surface area contributed by atoms with Crippen molar-refractivity contribution in [1.29, 1.82) is 0 Å². The molecule has 1 N–H and O–H groups in total. The normalized spacial score (nSPS) is 19.0. The van der Waals surface area contributed by atoms with Gasteiger partial charge in [-0.3, -0.25) is 4.79 Å². The van der Waals surface area contributed by atoms with E-state index in [1.807, 2.05) is 0 Å². The molecular weight excluding hydrogens is 451 g/mol. The lowest BCUT2D eigenvalue weighted by atomic mass is 9.71. The molecule has 0 fully saturated rings. The third-order valence-corrected chi connectivity index (χ3v) is 8.35. The zero-order valence-electron chi connectivity index (χ0n) is 21.5. The number of carboxylic acids is 1. The van der Waals surface area contributed by atoms with Crippen molar-refractivity contribution in [1.82, 2.24) is 0 Å². The molecule has 0 radical (unpaired) electrons. The van der Waals surface area contributed by atoms with E-state index in [-0.39, 0.29) is 11.8 Å². The van der Waals surface area contributed by atoms with Crippen LogP contribution in [-0.4, -0.2) is 23.0 Å². The Morgan fingerprint density at radius 3 is 2.57 bits per heavy atom. The predicted molar refractivity (Wildman–Crippen MR) is 150 cm³/mol. The van der Waals surface area contributed by atoms with E-state index in [4.69, 9.17) is 9.84 Å². The van der Waals surface area contributed by atoms with Gasteiger partial charge in [0.25, 0.3) is 0 Å². The number of ether oxygens (including phenoxy) is 1. The minimum Gasteiger partial charge on any atom is -0.481 e. The van der Waals surface area contributed by atoms with Gasteiger partial charge < -0.3 is 9.84 Å². The highest BCUT2D eigenvalue weighted by Crippen LogP contribution is 2.48. The van der Waals surface area contributed by atoms with E-state index in [2.05, 4.69) is 82.1 Å². The maximum atomic E-state index is 10.8. The van der Waals surface area contributed by atoms with Gasteiger partial charge in [-0.15, -0.1) is 0 Å². The van der Waals surface area contributed by atoms with Gasteiger partial charge in [-0.1, -0.05) is 57.9 Å². The third kappa shape index (κ3) is 5.96. The van der Waals surface area contributed by atoms with Gasteiger partial charge in [0.05, 0.1) is 14.9 Å². The number of rotatable bonds is 8. The fraction of sp³-hybridized carbons (Fsp3) is 0.419. The highest BCUT2D eigenvalue weighted by molar-refractivity contribution is 7.40. The Bertz CT molecular complexity index is 1160. The van der Waals surface area contributed by atoms with Crippen LogP contribution in [0.25, 0.3) is 6.08 Å². The van der Waals surface area contributed by atoms with Crippen molar-refractivity contribution in [3.63, 3.8) is 0 Å². The van der Waals surface area contributed by atoms with Gasteiger partial charge in [0.2, 0.25) is 0 Å². The first-order valence-corrected chi connectivity index (χ1v) is 14.4. The van der Waals surface area contributed by atoms with Crippen molar-refractivity contribution in [2.24, 2.45) is 5.41 Å². The molecule has 1 heterocycles. The number of fused-ring (bicyclic) bond motifs is 2. The molecule has 1 aromatic carbocycles. The number of allylic oxidation sites excluding steroid dienone is 8. The summed E-state index contributed by atoms with van der Waals surface area (Å²) in [5.41, 5.74) is 6.37. The number of carbonyl (C=O) groups is 1. The van der Waals surface area contributed by atoms with E-state index in [9.17, 15) is 4.79 Å². The van der Waals surface area contributed by atoms with Gasteiger partial charge >= 0.3 is 5.97 Å². The van der Waals surface area contributed by atoms with Gasteiger partial charge in [0.1, 0.15) is 16.8 Å². The molecular formula is C31H38O3P+. The Kier molecular flexibility index (Phi) is 7.97. The van der Waals surface area contributed by atoms with Gasteiger partial charge in [-0.25, -0.2) is 0 Å². The maximum Gasteiger partial charge on any atom is 0.303 e. The molecule has 3 aliphatic rings. The maximum absolute atomic E-state index is 10.8. The van der Waals surface area contributed by atoms with Crippen molar-refractivity contribution in [3.05, 3.63) is 82.2 Å². The molecule has 2 aliphatic carbocycles. The first-order valence-electron chi connectivity index (χ1n) is 12.9. The van der Waals surface area contributed by atoms with Crippen LogP contribution in [0, 0.1) is 5.41 Å². The van der Waals surface area contributed by atoms with E-state index in [1.165, 1.54) is 27.6 Å². The minimum atomic E-state index is -0.699. The second-order valence-corrected chi connectivity index (χ2v) is 11.6. The predicted octanol–water partition coefficient (Wildman–Crippen LogP) is 8.21. The molecule has 184 valence electrons. The van der Waals surface area contributed by atoms with Crippen LogP contribution in [0.2, 0.25) is 0 Å². The number of benzene rings is 1. The van der Waals surface area contributed by atoms with Crippen LogP contribution in [0.15, 0.2) is 71.1 Å². The SMILES string of the molecule is CCC(CCCCCC(=O)O)c1ccc2c(c1)OC1=CC(=C3C=CC(=[PH+]C)C=C3)CC(C)(C)C1=C2. The average molecular weight is 490 g/mol. The van der Waals surface area contributed by atoms with Crippen LogP contribution >= 0.6 is 8.20 Å². The summed E-state index contributed by atoms with van der Waals surface area (Å²) in [5.74, 6) is 1.69. The smallest absolute Gasteiger partial charge is 0.303 e. The first kappa shape index (κ1) is 25.5. The van der Waals surface area contributed by atoms with E-state index in [0.717, 1.165) is 63.8 Å². The van der Waals surface area contributed by atoms with Gasteiger partial charge in [-0.05, 0) is 84.1 Å². The molecule has 4 heteroatoms. The highest BCUT2D eigenvalue weighted by Gasteiger charge is 2.35. The lowest BCUT2D eigenvalue weighted by Crippen LogP contribution is -2.25. The van der Waals surface area contributed by atoms with E-state index in [0.29, 0.717) is 5.92 Å². The molecule has 0 amide bonds. The second kappa shape index (κ2) is 11.0. The molecule has 0 spiro atoms. The summed E-state index contributed by atoms with van der Waals surface area (Å²) in [6, 6.07) is 6.69. The highest BCUT2D eigenvalue weighted by atomic mass is 31.1. The van der Waals surface area contributed by atoms with E-state index in [1.54, 1.807) is 0 Å². The molecule has 0 aromatic heterocycles. The summed E-state index contributed by atoms with van der Waals surface area (Å²) in [6.07, 6.45) is 19.8. The number of hydrogen-bond acceptors (Lipinski definition) is 2. The molecule has 2 atom stereocenters. The summed E-state index contributed by atoms with van der Waals surface area (Å²) in [7, 11) is 0.817. The molecule has 1 aromatic rings. The second-order valence-electron chi connectivity index (χ2n) is 10.5. The van der Waals surface area contributed by atoms with E-state index >= 15 is 0 Å². The lowest BCUT2D eigenvalue weighted by molar-refractivity contribution is -0.137. The molecule has 3 nitrogen and oxygen atoms in total.